The summed E-state index contributed by atoms with van der Waals surface area (Å²) in [7, 11) is 0. The van der Waals surface area contributed by atoms with Crippen molar-refractivity contribution in [3.63, 3.8) is 0 Å². The number of carbonyl (C=O) groups is 1. The van der Waals surface area contributed by atoms with Crippen LogP contribution in [0.3, 0.4) is 0 Å². The van der Waals surface area contributed by atoms with E-state index in [0.29, 0.717) is 13.2 Å². The van der Waals surface area contributed by atoms with Crippen molar-refractivity contribution in [3.05, 3.63) is 52.3 Å². The number of likely N-dealkylation sites (tertiary alicyclic amines) is 1. The fraction of sp³-hybridized carbons (Fsp3) is 0.474. The number of aromatic amines is 1. The molecule has 5 heteroatoms. The highest BCUT2D eigenvalue weighted by Gasteiger charge is 2.44. The quantitative estimate of drug-likeness (QED) is 0.877. The molecule has 0 saturated carbocycles. The molecule has 1 spiro atoms. The number of piperidine rings is 1. The van der Waals surface area contributed by atoms with Gasteiger partial charge in [0.15, 0.2) is 0 Å². The second kappa shape index (κ2) is 5.18. The van der Waals surface area contributed by atoms with E-state index in [4.69, 9.17) is 4.74 Å². The average molecular weight is 323 g/mol. The molecule has 1 atom stereocenters. The molecule has 2 aromatic rings. The van der Waals surface area contributed by atoms with Gasteiger partial charge >= 0.3 is 0 Å². The molecule has 5 nitrogen and oxygen atoms in total. The Bertz CT molecular complexity index is 813. The second-order valence-corrected chi connectivity index (χ2v) is 7.32. The summed E-state index contributed by atoms with van der Waals surface area (Å²) in [4.78, 5) is 15.2. The first kappa shape index (κ1) is 14.2. The summed E-state index contributed by atoms with van der Waals surface area (Å²) in [5.74, 6) is 0.157. The van der Waals surface area contributed by atoms with Crippen LogP contribution in [0.5, 0.6) is 0 Å². The number of rotatable bonds is 1. The number of hydrogen-bond acceptors (Lipinski definition) is 3. The number of ether oxygens (including phenoxy) is 1. The van der Waals surface area contributed by atoms with E-state index in [9.17, 15) is 4.79 Å². The number of aromatic nitrogens is 2. The number of H-pyrrole nitrogens is 1. The average Bonchev–Trinajstić information content (AvgIpc) is 3.32. The molecule has 3 heterocycles. The minimum atomic E-state index is 0.0776. The van der Waals surface area contributed by atoms with Crippen molar-refractivity contribution in [3.8, 4) is 0 Å². The first-order valence-corrected chi connectivity index (χ1v) is 8.77. The minimum absolute atomic E-state index is 0.0776. The highest BCUT2D eigenvalue weighted by atomic mass is 16.5. The van der Waals surface area contributed by atoms with Gasteiger partial charge in [-0.2, -0.15) is 5.10 Å². The zero-order chi connectivity index (χ0) is 16.1. The Labute approximate surface area is 141 Å². The van der Waals surface area contributed by atoms with E-state index >= 15 is 0 Å². The standard InChI is InChI=1S/C19H21N3O2/c23-18(15-4-1-3-14-10-24-11-16(14)15)22-8-2-6-19(12-22)7-5-13-9-20-21-17(13)19/h1,3-4,9H,2,5-8,10-12H2,(H,20,21). The van der Waals surface area contributed by atoms with E-state index in [2.05, 4.69) is 16.3 Å². The summed E-state index contributed by atoms with van der Waals surface area (Å²) < 4.78 is 5.54. The molecule has 1 aromatic heterocycles. The van der Waals surface area contributed by atoms with Gasteiger partial charge in [0.1, 0.15) is 0 Å². The van der Waals surface area contributed by atoms with Crippen molar-refractivity contribution in [2.45, 2.75) is 44.3 Å². The van der Waals surface area contributed by atoms with Crippen LogP contribution < -0.4 is 0 Å². The second-order valence-electron chi connectivity index (χ2n) is 7.32. The van der Waals surface area contributed by atoms with Gasteiger partial charge in [-0.25, -0.2) is 0 Å². The van der Waals surface area contributed by atoms with Crippen molar-refractivity contribution in [1.29, 1.82) is 0 Å². The number of nitrogens with one attached hydrogen (secondary N) is 1. The maximum Gasteiger partial charge on any atom is 0.254 e. The Kier molecular flexibility index (Phi) is 3.07. The van der Waals surface area contributed by atoms with E-state index in [-0.39, 0.29) is 11.3 Å². The largest absolute Gasteiger partial charge is 0.372 e. The molecule has 1 N–H and O–H groups in total. The van der Waals surface area contributed by atoms with Crippen molar-refractivity contribution >= 4 is 5.91 Å². The van der Waals surface area contributed by atoms with Crippen molar-refractivity contribution < 1.29 is 9.53 Å². The van der Waals surface area contributed by atoms with Crippen LogP contribution in [-0.4, -0.2) is 34.1 Å². The summed E-state index contributed by atoms with van der Waals surface area (Å²) >= 11 is 0. The Morgan fingerprint density at radius 3 is 3.17 bits per heavy atom. The predicted molar refractivity (Wildman–Crippen MR) is 88.7 cm³/mol. The number of hydrogen-bond donors (Lipinski definition) is 1. The number of carbonyl (C=O) groups excluding carboxylic acids is 1. The Balaban J connectivity index is 1.46. The molecule has 3 aliphatic rings. The normalized spacial score (nSPS) is 25.1. The molecule has 124 valence electrons. The molecule has 5 rings (SSSR count). The molecular formula is C19H21N3O2. The molecule has 1 saturated heterocycles. The van der Waals surface area contributed by atoms with Crippen LogP contribution in [0.1, 0.15) is 52.0 Å². The lowest BCUT2D eigenvalue weighted by Crippen LogP contribution is -2.48. The van der Waals surface area contributed by atoms with Gasteiger partial charge in [-0.15, -0.1) is 0 Å². The molecule has 1 amide bonds. The van der Waals surface area contributed by atoms with Crippen LogP contribution in [0.4, 0.5) is 0 Å². The Morgan fingerprint density at radius 2 is 2.21 bits per heavy atom. The number of fused-ring (bicyclic) bond motifs is 3. The molecular weight excluding hydrogens is 302 g/mol. The Hall–Kier alpha value is -2.14. The monoisotopic (exact) mass is 323 g/mol. The van der Waals surface area contributed by atoms with Gasteiger partial charge in [0.2, 0.25) is 0 Å². The third kappa shape index (κ3) is 1.97. The third-order valence-corrected chi connectivity index (χ3v) is 5.99. The lowest BCUT2D eigenvalue weighted by Gasteiger charge is -2.40. The Morgan fingerprint density at radius 1 is 1.25 bits per heavy atom. The van der Waals surface area contributed by atoms with Gasteiger partial charge in [0.05, 0.1) is 19.4 Å². The topological polar surface area (TPSA) is 58.2 Å². The SMILES string of the molecule is O=C(c1cccc2c1COC2)N1CCCC2(CCc3cn[nH]c32)C1. The third-order valence-electron chi connectivity index (χ3n) is 5.99. The lowest BCUT2D eigenvalue weighted by atomic mass is 9.77. The maximum atomic E-state index is 13.2. The zero-order valence-corrected chi connectivity index (χ0v) is 13.7. The van der Waals surface area contributed by atoms with Crippen LogP contribution in [0, 0.1) is 0 Å². The van der Waals surface area contributed by atoms with Gasteiger partial charge in [0, 0.05) is 29.8 Å². The van der Waals surface area contributed by atoms with Crippen LogP contribution in [0.2, 0.25) is 0 Å². The highest BCUT2D eigenvalue weighted by molar-refractivity contribution is 5.96. The van der Waals surface area contributed by atoms with Crippen LogP contribution >= 0.6 is 0 Å². The molecule has 24 heavy (non-hydrogen) atoms. The minimum Gasteiger partial charge on any atom is -0.372 e. The number of aryl methyl sites for hydroxylation is 1. The molecule has 0 bridgehead atoms. The van der Waals surface area contributed by atoms with Gasteiger partial charge in [-0.3, -0.25) is 9.89 Å². The molecule has 0 radical (unpaired) electrons. The molecule has 1 fully saturated rings. The van der Waals surface area contributed by atoms with Crippen LogP contribution in [0.15, 0.2) is 24.4 Å². The number of benzene rings is 1. The van der Waals surface area contributed by atoms with Crippen molar-refractivity contribution in [1.82, 2.24) is 15.1 Å². The molecule has 2 aliphatic heterocycles. The van der Waals surface area contributed by atoms with Gasteiger partial charge in [-0.05, 0) is 48.4 Å². The predicted octanol–water partition coefficient (Wildman–Crippen LogP) is 2.56. The fourth-order valence-electron chi connectivity index (χ4n) is 4.75. The van der Waals surface area contributed by atoms with Crippen molar-refractivity contribution in [2.24, 2.45) is 0 Å². The van der Waals surface area contributed by atoms with Gasteiger partial charge in [-0.1, -0.05) is 12.1 Å². The van der Waals surface area contributed by atoms with Crippen LogP contribution in [-0.2, 0) is 29.8 Å². The smallest absolute Gasteiger partial charge is 0.254 e. The molecule has 1 aliphatic carbocycles. The lowest BCUT2D eigenvalue weighted by molar-refractivity contribution is 0.0629. The van der Waals surface area contributed by atoms with E-state index in [0.717, 1.165) is 55.5 Å². The number of amides is 1. The van der Waals surface area contributed by atoms with Gasteiger partial charge in [0.25, 0.3) is 5.91 Å². The summed E-state index contributed by atoms with van der Waals surface area (Å²) in [6.45, 7) is 2.82. The van der Waals surface area contributed by atoms with Gasteiger partial charge < -0.3 is 9.64 Å². The van der Waals surface area contributed by atoms with E-state index < -0.39 is 0 Å². The van der Waals surface area contributed by atoms with E-state index in [1.807, 2.05) is 23.2 Å². The molecule has 1 unspecified atom stereocenters. The summed E-state index contributed by atoms with van der Waals surface area (Å²) in [5.41, 5.74) is 5.73. The highest BCUT2D eigenvalue weighted by Crippen LogP contribution is 2.44. The fourth-order valence-corrected chi connectivity index (χ4v) is 4.75. The van der Waals surface area contributed by atoms with Crippen molar-refractivity contribution in [2.75, 3.05) is 13.1 Å². The zero-order valence-electron chi connectivity index (χ0n) is 13.7. The first-order chi connectivity index (χ1) is 11.8. The summed E-state index contributed by atoms with van der Waals surface area (Å²) in [5, 5.41) is 7.43. The van der Waals surface area contributed by atoms with Crippen LogP contribution in [0.25, 0.3) is 0 Å². The summed E-state index contributed by atoms with van der Waals surface area (Å²) in [6.07, 6.45) is 6.34. The number of nitrogens with zero attached hydrogens (tertiary/aromatic N) is 2. The van der Waals surface area contributed by atoms with E-state index in [1.165, 1.54) is 11.3 Å². The maximum absolute atomic E-state index is 13.2. The van der Waals surface area contributed by atoms with E-state index in [1.54, 1.807) is 0 Å². The molecule has 1 aromatic carbocycles. The summed E-state index contributed by atoms with van der Waals surface area (Å²) in [6, 6.07) is 5.99. The first-order valence-electron chi connectivity index (χ1n) is 8.77.